The molecule has 3 aromatic heterocycles. The van der Waals surface area contributed by atoms with Gasteiger partial charge in [0.15, 0.2) is 5.76 Å². The van der Waals surface area contributed by atoms with Crippen LogP contribution in [0.1, 0.15) is 65.8 Å². The van der Waals surface area contributed by atoms with Gasteiger partial charge in [0.2, 0.25) is 0 Å². The zero-order valence-electron chi connectivity index (χ0n) is 18.2. The van der Waals surface area contributed by atoms with E-state index < -0.39 is 0 Å². The Hall–Kier alpha value is -2.41. The van der Waals surface area contributed by atoms with E-state index in [2.05, 4.69) is 11.8 Å². The molecule has 31 heavy (non-hydrogen) atoms. The number of piperazine rings is 1. The fourth-order valence-electron chi connectivity index (χ4n) is 4.71. The van der Waals surface area contributed by atoms with Crippen molar-refractivity contribution in [1.82, 2.24) is 14.9 Å². The Bertz CT molecular complexity index is 1050. The largest absolute Gasteiger partial charge is 0.459 e. The van der Waals surface area contributed by atoms with E-state index in [0.29, 0.717) is 18.8 Å². The van der Waals surface area contributed by atoms with Gasteiger partial charge in [0, 0.05) is 37.5 Å². The zero-order valence-corrected chi connectivity index (χ0v) is 19.0. The maximum Gasteiger partial charge on any atom is 0.289 e. The van der Waals surface area contributed by atoms with E-state index in [9.17, 15) is 4.79 Å². The van der Waals surface area contributed by atoms with Crippen LogP contribution in [-0.2, 0) is 19.3 Å². The van der Waals surface area contributed by atoms with E-state index in [4.69, 9.17) is 14.4 Å². The second kappa shape index (κ2) is 8.99. The van der Waals surface area contributed by atoms with E-state index in [0.717, 1.165) is 55.2 Å². The first kappa shape index (κ1) is 20.5. The summed E-state index contributed by atoms with van der Waals surface area (Å²) < 4.78 is 5.31. The maximum absolute atomic E-state index is 12.7. The van der Waals surface area contributed by atoms with Crippen LogP contribution in [0.4, 0.5) is 5.82 Å². The van der Waals surface area contributed by atoms with Gasteiger partial charge >= 0.3 is 0 Å². The number of furan rings is 1. The fraction of sp³-hybridized carbons (Fsp3) is 0.542. The molecular weight excluding hydrogens is 408 g/mol. The molecule has 0 unspecified atom stereocenters. The average Bonchev–Trinajstić information content (AvgIpc) is 3.40. The van der Waals surface area contributed by atoms with Gasteiger partial charge in [-0.3, -0.25) is 4.79 Å². The summed E-state index contributed by atoms with van der Waals surface area (Å²) in [6.45, 7) is 5.15. The minimum atomic E-state index is -0.0227. The van der Waals surface area contributed by atoms with E-state index >= 15 is 0 Å². The Morgan fingerprint density at radius 1 is 1.13 bits per heavy atom. The van der Waals surface area contributed by atoms with Crippen LogP contribution in [-0.4, -0.2) is 47.0 Å². The first-order valence-corrected chi connectivity index (χ1v) is 12.4. The first-order valence-electron chi connectivity index (χ1n) is 11.6. The Balaban J connectivity index is 1.45. The van der Waals surface area contributed by atoms with Gasteiger partial charge in [0.05, 0.1) is 11.6 Å². The first-order chi connectivity index (χ1) is 15.2. The summed E-state index contributed by atoms with van der Waals surface area (Å²) >= 11 is 1.89. The molecule has 0 spiro atoms. The van der Waals surface area contributed by atoms with Gasteiger partial charge in [-0.1, -0.05) is 19.8 Å². The summed E-state index contributed by atoms with van der Waals surface area (Å²) in [6, 6.07) is 3.50. The van der Waals surface area contributed by atoms with E-state index in [1.807, 2.05) is 16.2 Å². The molecular formula is C24H30N4O2S. The van der Waals surface area contributed by atoms with Gasteiger partial charge in [-0.25, -0.2) is 9.97 Å². The number of hydrogen-bond acceptors (Lipinski definition) is 6. The van der Waals surface area contributed by atoms with E-state index in [1.54, 1.807) is 18.4 Å². The Kier molecular flexibility index (Phi) is 5.94. The summed E-state index contributed by atoms with van der Waals surface area (Å²) in [5.74, 6) is 2.46. The Morgan fingerprint density at radius 2 is 1.97 bits per heavy atom. The molecule has 0 radical (unpaired) electrons. The fourth-order valence-corrected chi connectivity index (χ4v) is 5.99. The summed E-state index contributed by atoms with van der Waals surface area (Å²) in [4.78, 5) is 29.7. The number of aromatic nitrogens is 2. The van der Waals surface area contributed by atoms with Gasteiger partial charge in [-0.15, -0.1) is 11.3 Å². The molecule has 0 saturated carbocycles. The summed E-state index contributed by atoms with van der Waals surface area (Å²) in [5.41, 5.74) is 1.49. The SMILES string of the molecule is CCCCc1nc(N2CCN(C(=O)c3ccco3)CC2)c2c3c(sc2n1)CCCCC3. The molecule has 1 fully saturated rings. The van der Waals surface area contributed by atoms with E-state index in [-0.39, 0.29) is 5.91 Å². The number of anilines is 1. The van der Waals surface area contributed by atoms with Crippen molar-refractivity contribution in [2.24, 2.45) is 0 Å². The number of aryl methyl sites for hydroxylation is 3. The normalized spacial score (nSPS) is 17.1. The highest BCUT2D eigenvalue weighted by Crippen LogP contribution is 2.39. The number of hydrogen-bond donors (Lipinski definition) is 0. The monoisotopic (exact) mass is 438 g/mol. The van der Waals surface area contributed by atoms with Gasteiger partial charge in [-0.05, 0) is 49.8 Å². The molecule has 6 nitrogen and oxygen atoms in total. The number of carbonyl (C=O) groups is 1. The molecule has 1 amide bonds. The van der Waals surface area contributed by atoms with Crippen LogP contribution in [0, 0.1) is 0 Å². The molecule has 0 atom stereocenters. The lowest BCUT2D eigenvalue weighted by Gasteiger charge is -2.35. The molecule has 0 bridgehead atoms. The zero-order chi connectivity index (χ0) is 21.2. The third-order valence-corrected chi connectivity index (χ3v) is 7.63. The van der Waals surface area contributed by atoms with Crippen molar-refractivity contribution in [3.05, 3.63) is 40.4 Å². The van der Waals surface area contributed by atoms with Crippen LogP contribution >= 0.6 is 11.3 Å². The van der Waals surface area contributed by atoms with Crippen LogP contribution in [0.25, 0.3) is 10.2 Å². The van der Waals surface area contributed by atoms with Gasteiger partial charge < -0.3 is 14.2 Å². The molecule has 7 heteroatoms. The van der Waals surface area contributed by atoms with Crippen LogP contribution in [0.3, 0.4) is 0 Å². The number of carbonyl (C=O) groups excluding carboxylic acids is 1. The molecule has 0 N–H and O–H groups in total. The van der Waals surface area contributed by atoms with Gasteiger partial charge in [-0.2, -0.15) is 0 Å². The Morgan fingerprint density at radius 3 is 2.74 bits per heavy atom. The van der Waals surface area contributed by atoms with Gasteiger partial charge in [0.1, 0.15) is 16.5 Å². The number of thiophene rings is 1. The van der Waals surface area contributed by atoms with Crippen molar-refractivity contribution in [2.45, 2.75) is 58.3 Å². The molecule has 1 saturated heterocycles. The maximum atomic E-state index is 12.7. The van der Waals surface area contributed by atoms with Crippen molar-refractivity contribution < 1.29 is 9.21 Å². The lowest BCUT2D eigenvalue weighted by molar-refractivity contribution is 0.0714. The van der Waals surface area contributed by atoms with Crippen molar-refractivity contribution in [3.8, 4) is 0 Å². The van der Waals surface area contributed by atoms with Crippen LogP contribution in [0.15, 0.2) is 22.8 Å². The van der Waals surface area contributed by atoms with E-state index in [1.165, 1.54) is 41.5 Å². The predicted molar refractivity (Wildman–Crippen MR) is 124 cm³/mol. The Labute approximate surface area is 187 Å². The van der Waals surface area contributed by atoms with Gasteiger partial charge in [0.25, 0.3) is 5.91 Å². The van der Waals surface area contributed by atoms with Crippen LogP contribution in [0.2, 0.25) is 0 Å². The van der Waals surface area contributed by atoms with Crippen molar-refractivity contribution >= 4 is 33.3 Å². The minimum Gasteiger partial charge on any atom is -0.459 e. The molecule has 1 aliphatic carbocycles. The highest BCUT2D eigenvalue weighted by atomic mass is 32.1. The number of amides is 1. The second-order valence-corrected chi connectivity index (χ2v) is 9.65. The quantitative estimate of drug-likeness (QED) is 0.533. The van der Waals surface area contributed by atoms with Crippen molar-refractivity contribution in [2.75, 3.05) is 31.1 Å². The number of rotatable bonds is 5. The lowest BCUT2D eigenvalue weighted by Crippen LogP contribution is -2.49. The number of fused-ring (bicyclic) bond motifs is 3. The standard InChI is InChI=1S/C24H30N4O2S/c1-2-3-11-20-25-22(21-17-8-5-4-6-10-19(17)31-23(21)26-20)27-12-14-28(15-13-27)24(29)18-9-7-16-30-18/h7,9,16H,2-6,8,10-15H2,1H3. The third-order valence-electron chi connectivity index (χ3n) is 6.44. The highest BCUT2D eigenvalue weighted by molar-refractivity contribution is 7.19. The predicted octanol–water partition coefficient (Wildman–Crippen LogP) is 4.86. The third kappa shape index (κ3) is 4.07. The average molecular weight is 439 g/mol. The second-order valence-electron chi connectivity index (χ2n) is 8.57. The lowest BCUT2D eigenvalue weighted by atomic mass is 10.1. The number of nitrogens with zero attached hydrogens (tertiary/aromatic N) is 4. The van der Waals surface area contributed by atoms with Crippen molar-refractivity contribution in [3.63, 3.8) is 0 Å². The van der Waals surface area contributed by atoms with Crippen LogP contribution < -0.4 is 4.90 Å². The molecule has 1 aliphatic heterocycles. The minimum absolute atomic E-state index is 0.0227. The summed E-state index contributed by atoms with van der Waals surface area (Å²) in [7, 11) is 0. The molecule has 2 aliphatic rings. The summed E-state index contributed by atoms with van der Waals surface area (Å²) in [6.07, 6.45) is 10.9. The molecule has 4 heterocycles. The topological polar surface area (TPSA) is 62.5 Å². The number of unbranched alkanes of at least 4 members (excludes halogenated alkanes) is 1. The molecule has 164 valence electrons. The van der Waals surface area contributed by atoms with Crippen molar-refractivity contribution in [1.29, 1.82) is 0 Å². The smallest absolute Gasteiger partial charge is 0.289 e. The molecule has 0 aromatic carbocycles. The molecule has 5 rings (SSSR count). The highest BCUT2D eigenvalue weighted by Gasteiger charge is 2.28. The summed E-state index contributed by atoms with van der Waals surface area (Å²) in [5, 5.41) is 1.29. The molecule has 3 aromatic rings. The van der Waals surface area contributed by atoms with Crippen LogP contribution in [0.5, 0.6) is 0 Å².